The summed E-state index contributed by atoms with van der Waals surface area (Å²) in [5, 5.41) is 4.97. The number of fused-ring (bicyclic) bond motifs is 1. The Morgan fingerprint density at radius 1 is 0.947 bits per heavy atom. The van der Waals surface area contributed by atoms with Crippen molar-refractivity contribution in [3.05, 3.63) is 78.0 Å². The van der Waals surface area contributed by atoms with Crippen LogP contribution in [0.25, 0.3) is 5.65 Å². The Hall–Kier alpha value is -5.71. The fourth-order valence-electron chi connectivity index (χ4n) is 7.35. The van der Waals surface area contributed by atoms with E-state index < -0.39 is 29.8 Å². The first-order valence-corrected chi connectivity index (χ1v) is 19.2. The van der Waals surface area contributed by atoms with E-state index in [0.29, 0.717) is 62.7 Å². The molecule has 3 aromatic heterocycles. The van der Waals surface area contributed by atoms with E-state index in [2.05, 4.69) is 25.4 Å². The highest BCUT2D eigenvalue weighted by molar-refractivity contribution is 6.03. The van der Waals surface area contributed by atoms with Crippen molar-refractivity contribution >= 4 is 40.7 Å². The minimum Gasteiger partial charge on any atom is -0.489 e. The molecule has 14 nitrogen and oxygen atoms in total. The Kier molecular flexibility index (Phi) is 11.6. The molecular weight excluding hydrogens is 745 g/mol. The van der Waals surface area contributed by atoms with Crippen molar-refractivity contribution in [1.29, 1.82) is 0 Å². The third-order valence-electron chi connectivity index (χ3n) is 10.4. The Morgan fingerprint density at radius 2 is 1.68 bits per heavy atom. The van der Waals surface area contributed by atoms with Gasteiger partial charge in [0.25, 0.3) is 11.8 Å². The second kappa shape index (κ2) is 16.8. The largest absolute Gasteiger partial charge is 0.489 e. The van der Waals surface area contributed by atoms with E-state index >= 15 is 0 Å². The number of benzene rings is 1. The summed E-state index contributed by atoms with van der Waals surface area (Å²) >= 11 is 0. The number of imide groups is 1. The number of hydrogen-bond donors (Lipinski definition) is 2. The van der Waals surface area contributed by atoms with Crippen LogP contribution in [0.1, 0.15) is 73.7 Å². The first-order valence-electron chi connectivity index (χ1n) is 19.2. The molecule has 6 heterocycles. The molecule has 0 bridgehead atoms. The maximum Gasteiger partial charge on any atom is 0.433 e. The van der Waals surface area contributed by atoms with Gasteiger partial charge in [0.1, 0.15) is 34.2 Å². The number of alkyl halides is 3. The van der Waals surface area contributed by atoms with Crippen LogP contribution in [0.15, 0.2) is 60.9 Å². The number of anilines is 2. The molecule has 1 unspecified atom stereocenters. The number of nitrogens with one attached hydrogen (secondary N) is 2. The molecule has 3 fully saturated rings. The van der Waals surface area contributed by atoms with Gasteiger partial charge in [-0.1, -0.05) is 6.07 Å². The smallest absolute Gasteiger partial charge is 0.433 e. The first kappa shape index (κ1) is 39.5. The molecule has 1 aromatic carbocycles. The molecule has 4 amide bonds. The van der Waals surface area contributed by atoms with Crippen molar-refractivity contribution in [2.24, 2.45) is 0 Å². The molecule has 57 heavy (non-hydrogen) atoms. The van der Waals surface area contributed by atoms with Gasteiger partial charge in [0.05, 0.1) is 11.8 Å². The van der Waals surface area contributed by atoms with Crippen molar-refractivity contribution in [2.45, 2.75) is 70.3 Å². The highest BCUT2D eigenvalue weighted by Crippen LogP contribution is 2.33. The predicted molar refractivity (Wildman–Crippen MR) is 203 cm³/mol. The average Bonchev–Trinajstić information content (AvgIpc) is 3.61. The number of aromatic nitrogens is 3. The number of ether oxygens (including phenoxy) is 2. The summed E-state index contributed by atoms with van der Waals surface area (Å²) in [5.74, 6) is -0.281. The van der Waals surface area contributed by atoms with Crippen LogP contribution in [0.3, 0.4) is 0 Å². The van der Waals surface area contributed by atoms with Crippen LogP contribution in [0.5, 0.6) is 11.5 Å². The predicted octanol–water partition coefficient (Wildman–Crippen LogP) is 4.89. The van der Waals surface area contributed by atoms with E-state index in [0.717, 1.165) is 49.4 Å². The monoisotopic (exact) mass is 790 g/mol. The molecular formula is C40H45F3N8O6. The zero-order chi connectivity index (χ0) is 40.3. The number of carbonyl (C=O) groups is 4. The summed E-state index contributed by atoms with van der Waals surface area (Å²) in [6, 6.07) is 12.4. The van der Waals surface area contributed by atoms with Crippen LogP contribution in [-0.4, -0.2) is 106 Å². The molecule has 3 aliphatic rings. The van der Waals surface area contributed by atoms with Crippen molar-refractivity contribution in [3.63, 3.8) is 0 Å². The lowest BCUT2D eigenvalue weighted by Gasteiger charge is -2.37. The van der Waals surface area contributed by atoms with Gasteiger partial charge in [-0.25, -0.2) is 9.97 Å². The van der Waals surface area contributed by atoms with Gasteiger partial charge in [0, 0.05) is 82.1 Å². The number of carbonyl (C=O) groups excluding carboxylic acids is 4. The maximum atomic E-state index is 13.2. The van der Waals surface area contributed by atoms with Gasteiger partial charge in [0.15, 0.2) is 6.10 Å². The highest BCUT2D eigenvalue weighted by Gasteiger charge is 2.33. The molecule has 3 aliphatic heterocycles. The van der Waals surface area contributed by atoms with Crippen molar-refractivity contribution in [1.82, 2.24) is 29.5 Å². The summed E-state index contributed by atoms with van der Waals surface area (Å²) < 4.78 is 53.2. The van der Waals surface area contributed by atoms with E-state index in [1.807, 2.05) is 49.2 Å². The van der Waals surface area contributed by atoms with Gasteiger partial charge < -0.3 is 33.9 Å². The van der Waals surface area contributed by atoms with Crippen LogP contribution in [-0.2, 0) is 20.6 Å². The van der Waals surface area contributed by atoms with Gasteiger partial charge in [0.2, 0.25) is 11.8 Å². The molecule has 4 aromatic rings. The number of pyridine rings is 2. The minimum absolute atomic E-state index is 0.135. The number of imidazole rings is 1. The van der Waals surface area contributed by atoms with Crippen LogP contribution < -0.4 is 25.0 Å². The molecule has 2 N–H and O–H groups in total. The van der Waals surface area contributed by atoms with Crippen LogP contribution in [0.2, 0.25) is 0 Å². The van der Waals surface area contributed by atoms with Gasteiger partial charge >= 0.3 is 6.18 Å². The lowest BCUT2D eigenvalue weighted by atomic mass is 9.94. The molecule has 302 valence electrons. The fourth-order valence-corrected chi connectivity index (χ4v) is 7.35. The van der Waals surface area contributed by atoms with Gasteiger partial charge in [-0.3, -0.25) is 24.5 Å². The fraction of sp³-hybridized carbons (Fsp3) is 0.450. The van der Waals surface area contributed by atoms with Crippen LogP contribution in [0, 0.1) is 0 Å². The van der Waals surface area contributed by atoms with E-state index in [-0.39, 0.29) is 41.6 Å². The standard InChI is InChI=1S/C40H45F3N8O6/c1-25(2)56-33-22-35-45-30(23-51(35)24-31(33)46-38(54)29-4-3-5-34(44-29)40(41,42)43)26-12-15-48(16-13-26)17-14-37(53)50-20-18-49(19-21-50)27-6-8-28(9-7-27)57-32-10-11-36(52)47-39(32)55/h3-9,22-26,32H,10-21H2,1-2H3,(H,46,54)(H,47,52,55). The first-order chi connectivity index (χ1) is 27.3. The summed E-state index contributed by atoms with van der Waals surface area (Å²) in [6.07, 6.45) is 0.694. The Labute approximate surface area is 327 Å². The van der Waals surface area contributed by atoms with Gasteiger partial charge in [-0.05, 0) is 76.2 Å². The summed E-state index contributed by atoms with van der Waals surface area (Å²) in [7, 11) is 0. The molecule has 1 atom stereocenters. The number of amides is 4. The summed E-state index contributed by atoms with van der Waals surface area (Å²) in [5.41, 5.74) is 1.26. The summed E-state index contributed by atoms with van der Waals surface area (Å²) in [4.78, 5) is 64.4. The van der Waals surface area contributed by atoms with Crippen molar-refractivity contribution in [2.75, 3.05) is 56.0 Å². The third kappa shape index (κ3) is 9.64. The number of nitrogens with zero attached hydrogens (tertiary/aromatic N) is 6. The molecule has 0 saturated carbocycles. The van der Waals surface area contributed by atoms with E-state index in [4.69, 9.17) is 14.5 Å². The SMILES string of the molecule is CC(C)Oc1cc2nc(C3CCN(CCC(=O)N4CCN(c5ccc(OC6CCC(=O)NC6=O)cc5)CC4)CC3)cn2cc1NC(=O)c1cccc(C(F)(F)F)n1. The second-order valence-corrected chi connectivity index (χ2v) is 14.8. The van der Waals surface area contributed by atoms with E-state index in [1.54, 1.807) is 16.7 Å². The number of hydrogen-bond acceptors (Lipinski definition) is 10. The lowest BCUT2D eigenvalue weighted by molar-refractivity contribution is -0.141. The Bertz CT molecular complexity index is 2110. The van der Waals surface area contributed by atoms with Crippen molar-refractivity contribution < 1.29 is 41.8 Å². The molecule has 0 spiro atoms. The maximum absolute atomic E-state index is 13.2. The highest BCUT2D eigenvalue weighted by atomic mass is 19.4. The number of piperazine rings is 1. The molecule has 0 aliphatic carbocycles. The normalized spacial score (nSPS) is 18.5. The van der Waals surface area contributed by atoms with Crippen LogP contribution >= 0.6 is 0 Å². The molecule has 7 rings (SSSR count). The topological polar surface area (TPSA) is 151 Å². The zero-order valence-corrected chi connectivity index (χ0v) is 31.8. The van der Waals surface area contributed by atoms with Gasteiger partial charge in [-0.2, -0.15) is 13.2 Å². The van der Waals surface area contributed by atoms with Gasteiger partial charge in [-0.15, -0.1) is 0 Å². The summed E-state index contributed by atoms with van der Waals surface area (Å²) in [6.45, 7) is 8.62. The Balaban J connectivity index is 0.881. The molecule has 17 heteroatoms. The van der Waals surface area contributed by atoms with Crippen molar-refractivity contribution in [3.8, 4) is 11.5 Å². The molecule has 3 saturated heterocycles. The minimum atomic E-state index is -4.68. The second-order valence-electron chi connectivity index (χ2n) is 14.8. The quantitative estimate of drug-likeness (QED) is 0.201. The zero-order valence-electron chi connectivity index (χ0n) is 31.8. The molecule has 0 radical (unpaired) electrons. The lowest BCUT2D eigenvalue weighted by Crippen LogP contribution is -2.49. The average molecular weight is 791 g/mol. The number of halogens is 3. The Morgan fingerprint density at radius 3 is 2.37 bits per heavy atom. The number of likely N-dealkylation sites (tertiary alicyclic amines) is 1. The van der Waals surface area contributed by atoms with Crippen LogP contribution in [0.4, 0.5) is 24.5 Å². The van der Waals surface area contributed by atoms with E-state index in [9.17, 15) is 32.3 Å². The number of rotatable bonds is 11. The number of piperidine rings is 2. The third-order valence-corrected chi connectivity index (χ3v) is 10.4. The van der Waals surface area contributed by atoms with E-state index in [1.165, 1.54) is 6.07 Å².